The van der Waals surface area contributed by atoms with Crippen molar-refractivity contribution in [1.82, 2.24) is 10.8 Å². The summed E-state index contributed by atoms with van der Waals surface area (Å²) in [6, 6.07) is -0.635. The highest BCUT2D eigenvalue weighted by Crippen LogP contribution is 2.43. The largest absolute Gasteiger partial charge is 0.481 e. The first kappa shape index (κ1) is 45.7. The predicted molar refractivity (Wildman–Crippen MR) is 211 cm³/mol. The topological polar surface area (TPSA) is 263 Å². The smallest absolute Gasteiger partial charge is 0.307 e. The van der Waals surface area contributed by atoms with Gasteiger partial charge in [0.1, 0.15) is 0 Å². The van der Waals surface area contributed by atoms with Crippen molar-refractivity contribution in [2.24, 2.45) is 41.4 Å². The maximum Gasteiger partial charge on any atom is 0.307 e. The average molecular weight is 855 g/mol. The number of rotatable bonds is 15. The Labute approximate surface area is 346 Å². The van der Waals surface area contributed by atoms with Crippen molar-refractivity contribution < 1.29 is 67.5 Å². The number of hydrogen-bond donors (Lipinski definition) is 7. The predicted octanol–water partition coefficient (Wildman–Crippen LogP) is 4.79. The Morgan fingerprint density at radius 2 is 0.915 bits per heavy atom. The van der Waals surface area contributed by atoms with Crippen molar-refractivity contribution in [3.05, 3.63) is 0 Å². The second-order valence-corrected chi connectivity index (χ2v) is 21.2. The zero-order valence-corrected chi connectivity index (χ0v) is 34.9. The third kappa shape index (κ3) is 11.3. The molecule has 7 N–H and O–H groups in total. The van der Waals surface area contributed by atoms with Crippen LogP contribution in [0.3, 0.4) is 0 Å². The Balaban J connectivity index is 0.877. The Morgan fingerprint density at radius 3 is 1.36 bits per heavy atom. The van der Waals surface area contributed by atoms with Crippen molar-refractivity contribution in [2.75, 3.05) is 0 Å². The molecule has 6 saturated carbocycles. The second kappa shape index (κ2) is 20.3. The van der Waals surface area contributed by atoms with Crippen LogP contribution < -0.4 is 10.8 Å². The van der Waals surface area contributed by atoms with E-state index in [0.29, 0.717) is 83.5 Å². The van der Waals surface area contributed by atoms with Crippen molar-refractivity contribution in [3.8, 4) is 0 Å². The van der Waals surface area contributed by atoms with Crippen LogP contribution in [-0.4, -0.2) is 111 Å². The van der Waals surface area contributed by atoms with E-state index < -0.39 is 75.3 Å². The Hall–Kier alpha value is -2.86. The van der Waals surface area contributed by atoms with Gasteiger partial charge in [0, 0.05) is 12.1 Å². The minimum absolute atomic E-state index is 0.00271. The number of carbonyl (C=O) groups excluding carboxylic acids is 1. The van der Waals surface area contributed by atoms with Gasteiger partial charge in [0.15, 0.2) is 9.84 Å². The summed E-state index contributed by atoms with van der Waals surface area (Å²) >= 11 is 0. The number of sulfone groups is 1. The van der Waals surface area contributed by atoms with Gasteiger partial charge in [-0.25, -0.2) is 13.9 Å². The average Bonchev–Trinajstić information content (AvgIpc) is 3.22. The fraction of sp³-hybridized carbons (Fsp3) is 0.881. The van der Waals surface area contributed by atoms with E-state index in [4.69, 9.17) is 9.47 Å². The second-order valence-electron chi connectivity index (χ2n) is 18.7. The number of ether oxygens (including phenoxy) is 2. The maximum atomic E-state index is 13.8. The molecule has 6 fully saturated rings. The summed E-state index contributed by atoms with van der Waals surface area (Å²) in [5.41, 5.74) is 2.37. The van der Waals surface area contributed by atoms with Crippen molar-refractivity contribution in [2.45, 2.75) is 188 Å². The van der Waals surface area contributed by atoms with E-state index >= 15 is 0 Å². The maximum absolute atomic E-state index is 13.8. The summed E-state index contributed by atoms with van der Waals surface area (Å²) in [6.07, 6.45) is 11.9. The molecule has 0 aliphatic heterocycles. The zero-order chi connectivity index (χ0) is 42.4. The summed E-state index contributed by atoms with van der Waals surface area (Å²) in [4.78, 5) is 60.2. The molecule has 0 aromatic heterocycles. The molecule has 0 radical (unpaired) electrons. The van der Waals surface area contributed by atoms with E-state index in [0.717, 1.165) is 25.7 Å². The van der Waals surface area contributed by atoms with E-state index in [2.05, 4.69) is 10.8 Å². The van der Waals surface area contributed by atoms with E-state index in [9.17, 15) is 58.0 Å². The molecule has 0 heterocycles. The molecular weight excluding hydrogens is 789 g/mol. The molecule has 17 heteroatoms. The Bertz CT molecular complexity index is 1580. The summed E-state index contributed by atoms with van der Waals surface area (Å²) < 4.78 is 40.5. The van der Waals surface area contributed by atoms with Gasteiger partial charge in [0.2, 0.25) is 5.91 Å². The number of nitrogens with one attached hydrogen (secondary N) is 2. The number of amides is 1. The lowest BCUT2D eigenvalue weighted by molar-refractivity contribution is -0.154. The quantitative estimate of drug-likeness (QED) is 0.109. The summed E-state index contributed by atoms with van der Waals surface area (Å²) in [5, 5.41) is 50.9. The molecule has 1 amide bonds. The molecular formula is C42H66N2O14S. The van der Waals surface area contributed by atoms with Crippen LogP contribution in [0.25, 0.3) is 0 Å². The molecule has 334 valence electrons. The number of aliphatic carboxylic acids is 4. The van der Waals surface area contributed by atoms with Crippen LogP contribution in [0.5, 0.6) is 0 Å². The molecule has 0 saturated heterocycles. The van der Waals surface area contributed by atoms with Crippen LogP contribution in [0.1, 0.15) is 141 Å². The minimum atomic E-state index is -3.32. The van der Waals surface area contributed by atoms with Crippen molar-refractivity contribution in [1.29, 1.82) is 0 Å². The Morgan fingerprint density at radius 1 is 0.492 bits per heavy atom. The van der Waals surface area contributed by atoms with Crippen LogP contribution in [0.15, 0.2) is 0 Å². The van der Waals surface area contributed by atoms with Crippen LogP contribution >= 0.6 is 0 Å². The lowest BCUT2D eigenvalue weighted by Gasteiger charge is -2.42. The van der Waals surface area contributed by atoms with Crippen LogP contribution in [0, 0.1) is 41.4 Å². The number of carboxylic acid groups (broad SMARTS) is 4. The van der Waals surface area contributed by atoms with Crippen LogP contribution in [-0.2, 0) is 43.3 Å². The molecule has 7 atom stereocenters. The molecule has 7 unspecified atom stereocenters. The van der Waals surface area contributed by atoms with Gasteiger partial charge >= 0.3 is 23.9 Å². The fourth-order valence-electron chi connectivity index (χ4n) is 11.7. The molecule has 59 heavy (non-hydrogen) atoms. The lowest BCUT2D eigenvalue weighted by atomic mass is 9.66. The standard InChI is InChI=1S/C42H66N2O14S/c45-38(36-22-25(40(48)49)4-20-34(36)42(52)53)43-26-5-9-28(10-6-26)58-30-13-17-32(18-14-30)59(55,56)31-15-11-29(12-16-31)57-27-7-1-23(2-8-27)37(44-54)35-21-24(39(46)47)3-19-33(35)41(50)51/h23-37,44,54H,1-22H2,(H,43,45)(H,46,47)(H,48,49)(H,50,51)(H,52,53). The molecule has 0 aromatic carbocycles. The Kier molecular flexibility index (Phi) is 15.7. The SMILES string of the molecule is O=C(O)C1CCC(C(=O)O)C(C(=O)NC2CCC(OC3CCC(S(=O)(=O)C4CCC(OC5CCC(C(NO)C6CC(C(=O)O)CCC6C(=O)O)CC5)CC4)CC3)CC2)C1. The van der Waals surface area contributed by atoms with Crippen molar-refractivity contribution >= 4 is 39.6 Å². The zero-order valence-electron chi connectivity index (χ0n) is 34.0. The lowest BCUT2D eigenvalue weighted by Crippen LogP contribution is -2.49. The third-order valence-electron chi connectivity index (χ3n) is 15.2. The normalized spacial score (nSPS) is 39.0. The summed E-state index contributed by atoms with van der Waals surface area (Å²) in [7, 11) is -3.32. The van der Waals surface area contributed by atoms with E-state index in [1.807, 2.05) is 0 Å². The fourth-order valence-corrected chi connectivity index (χ4v) is 14.1. The highest BCUT2D eigenvalue weighted by atomic mass is 32.2. The van der Waals surface area contributed by atoms with E-state index in [-0.39, 0.29) is 84.9 Å². The molecule has 6 aliphatic carbocycles. The van der Waals surface area contributed by atoms with Gasteiger partial charge in [-0.2, -0.15) is 0 Å². The monoisotopic (exact) mass is 854 g/mol. The minimum Gasteiger partial charge on any atom is -0.481 e. The molecule has 0 bridgehead atoms. The highest BCUT2D eigenvalue weighted by molar-refractivity contribution is 7.92. The van der Waals surface area contributed by atoms with Gasteiger partial charge in [0.25, 0.3) is 0 Å². The molecule has 16 nitrogen and oxygen atoms in total. The van der Waals surface area contributed by atoms with Gasteiger partial charge in [-0.3, -0.25) is 24.0 Å². The first-order valence-electron chi connectivity index (χ1n) is 22.3. The third-order valence-corrected chi connectivity index (χ3v) is 18.0. The summed E-state index contributed by atoms with van der Waals surface area (Å²) in [6.45, 7) is 0. The van der Waals surface area contributed by atoms with E-state index in [1.54, 1.807) is 0 Å². The highest BCUT2D eigenvalue weighted by Gasteiger charge is 2.46. The molecule has 0 spiro atoms. The van der Waals surface area contributed by atoms with Gasteiger partial charge in [-0.15, -0.1) is 0 Å². The number of hydrogen-bond acceptors (Lipinski definition) is 11. The molecule has 6 rings (SSSR count). The molecule has 0 aromatic rings. The number of carbonyl (C=O) groups is 5. The first-order chi connectivity index (χ1) is 28.1. The van der Waals surface area contributed by atoms with Gasteiger partial charge < -0.3 is 40.4 Å². The van der Waals surface area contributed by atoms with Crippen LogP contribution in [0.4, 0.5) is 0 Å². The van der Waals surface area contributed by atoms with Gasteiger partial charge in [0.05, 0.1) is 64.5 Å². The summed E-state index contributed by atoms with van der Waals surface area (Å²) in [5.74, 6) is -8.60. The first-order valence-corrected chi connectivity index (χ1v) is 23.9. The van der Waals surface area contributed by atoms with Gasteiger partial charge in [-0.05, 0) is 153 Å². The van der Waals surface area contributed by atoms with Crippen molar-refractivity contribution in [3.63, 3.8) is 0 Å². The van der Waals surface area contributed by atoms with Gasteiger partial charge in [-0.1, -0.05) is 0 Å². The van der Waals surface area contributed by atoms with Crippen LogP contribution in [0.2, 0.25) is 0 Å². The molecule has 6 aliphatic rings. The number of hydroxylamine groups is 1. The van der Waals surface area contributed by atoms with E-state index in [1.165, 1.54) is 0 Å². The number of carboxylic acids is 4.